The maximum atomic E-state index is 10.9. The van der Waals surface area contributed by atoms with Crippen LogP contribution in [0.4, 0.5) is 0 Å². The maximum absolute atomic E-state index is 10.9. The Labute approximate surface area is 94.9 Å². The quantitative estimate of drug-likeness (QED) is 0.848. The van der Waals surface area contributed by atoms with Gasteiger partial charge in [-0.1, -0.05) is 27.7 Å². The first-order valence-electron chi connectivity index (χ1n) is 5.27. The van der Waals surface area contributed by atoms with Gasteiger partial charge in [0.05, 0.1) is 0 Å². The predicted molar refractivity (Wildman–Crippen MR) is 63.9 cm³/mol. The minimum Gasteiger partial charge on any atom is -0.477 e. The second-order valence-electron chi connectivity index (χ2n) is 4.55. The third-order valence-corrected chi connectivity index (χ3v) is 3.43. The molecule has 1 aromatic heterocycles. The van der Waals surface area contributed by atoms with E-state index in [1.807, 2.05) is 6.07 Å². The molecule has 1 heterocycles. The summed E-state index contributed by atoms with van der Waals surface area (Å²) in [5, 5.41) is 8.95. The molecule has 0 aromatic carbocycles. The average Bonchev–Trinajstić information content (AvgIpc) is 2.46. The molecule has 0 saturated carbocycles. The Bertz CT molecular complexity index is 351. The smallest absolute Gasteiger partial charge is 0.345 e. The van der Waals surface area contributed by atoms with E-state index in [2.05, 4.69) is 27.7 Å². The van der Waals surface area contributed by atoms with E-state index in [1.54, 1.807) is 0 Å². The Morgan fingerprint density at radius 3 is 2.40 bits per heavy atom. The minimum atomic E-state index is -0.808. The van der Waals surface area contributed by atoms with Crippen LogP contribution in [-0.4, -0.2) is 11.1 Å². The topological polar surface area (TPSA) is 37.3 Å². The van der Waals surface area contributed by atoms with Crippen LogP contribution in [0.1, 0.15) is 53.7 Å². The Kier molecular flexibility index (Phi) is 3.91. The van der Waals surface area contributed by atoms with Crippen molar-refractivity contribution in [3.63, 3.8) is 0 Å². The van der Waals surface area contributed by atoms with E-state index in [4.69, 9.17) is 5.11 Å². The number of aromatic carboxylic acids is 1. The van der Waals surface area contributed by atoms with Gasteiger partial charge in [0.2, 0.25) is 0 Å². The number of thiophene rings is 1. The minimum absolute atomic E-state index is 0.406. The van der Waals surface area contributed by atoms with Gasteiger partial charge in [0.25, 0.3) is 0 Å². The molecule has 0 fully saturated rings. The highest BCUT2D eigenvalue weighted by Gasteiger charge is 2.16. The van der Waals surface area contributed by atoms with Gasteiger partial charge >= 0.3 is 5.97 Å². The standard InChI is InChI=1S/C12H18O2S/c1-7(2)5-10-9(8(3)4)6-11(15-10)12(13)14/h6-8H,5H2,1-4H3,(H,13,14). The number of rotatable bonds is 4. The maximum Gasteiger partial charge on any atom is 0.345 e. The molecule has 0 amide bonds. The van der Waals surface area contributed by atoms with Crippen LogP contribution in [0.2, 0.25) is 0 Å². The van der Waals surface area contributed by atoms with Crippen molar-refractivity contribution < 1.29 is 9.90 Å². The first-order valence-corrected chi connectivity index (χ1v) is 6.09. The Balaban J connectivity index is 3.06. The second kappa shape index (κ2) is 4.79. The molecule has 0 aliphatic rings. The first-order chi connectivity index (χ1) is 6.91. The summed E-state index contributed by atoms with van der Waals surface area (Å²) in [7, 11) is 0. The van der Waals surface area contributed by atoms with Crippen molar-refractivity contribution in [2.75, 3.05) is 0 Å². The number of carboxylic acids is 1. The summed E-state index contributed by atoms with van der Waals surface area (Å²) in [5.41, 5.74) is 1.20. The highest BCUT2D eigenvalue weighted by atomic mass is 32.1. The van der Waals surface area contributed by atoms with Crippen molar-refractivity contribution >= 4 is 17.3 Å². The van der Waals surface area contributed by atoms with Gasteiger partial charge in [0, 0.05) is 4.88 Å². The van der Waals surface area contributed by atoms with Crippen LogP contribution in [0.25, 0.3) is 0 Å². The van der Waals surface area contributed by atoms with Crippen LogP contribution in [0.15, 0.2) is 6.07 Å². The zero-order valence-electron chi connectivity index (χ0n) is 9.70. The fraction of sp³-hybridized carbons (Fsp3) is 0.583. The third-order valence-electron chi connectivity index (χ3n) is 2.27. The lowest BCUT2D eigenvalue weighted by Gasteiger charge is -2.08. The molecule has 0 aliphatic heterocycles. The molecule has 0 unspecified atom stereocenters. The first kappa shape index (κ1) is 12.2. The zero-order valence-corrected chi connectivity index (χ0v) is 10.5. The number of carbonyl (C=O) groups is 1. The van der Waals surface area contributed by atoms with Crippen LogP contribution < -0.4 is 0 Å². The molecule has 0 atom stereocenters. The third kappa shape index (κ3) is 3.06. The van der Waals surface area contributed by atoms with Crippen molar-refractivity contribution in [2.24, 2.45) is 5.92 Å². The summed E-state index contributed by atoms with van der Waals surface area (Å²) in [6.45, 7) is 8.53. The molecule has 0 saturated heterocycles. The summed E-state index contributed by atoms with van der Waals surface area (Å²) >= 11 is 1.42. The molecule has 0 spiro atoms. The molecule has 1 aromatic rings. The van der Waals surface area contributed by atoms with Crippen molar-refractivity contribution in [1.29, 1.82) is 0 Å². The van der Waals surface area contributed by atoms with Gasteiger partial charge < -0.3 is 5.11 Å². The summed E-state index contributed by atoms with van der Waals surface area (Å²) in [4.78, 5) is 12.6. The van der Waals surface area contributed by atoms with Gasteiger partial charge in [0.1, 0.15) is 4.88 Å². The van der Waals surface area contributed by atoms with E-state index in [-0.39, 0.29) is 0 Å². The zero-order chi connectivity index (χ0) is 11.6. The molecule has 0 radical (unpaired) electrons. The van der Waals surface area contributed by atoms with E-state index in [1.165, 1.54) is 21.8 Å². The van der Waals surface area contributed by atoms with Gasteiger partial charge in [0.15, 0.2) is 0 Å². The summed E-state index contributed by atoms with van der Waals surface area (Å²) in [6.07, 6.45) is 0.978. The van der Waals surface area contributed by atoms with E-state index < -0.39 is 5.97 Å². The van der Waals surface area contributed by atoms with Crippen LogP contribution in [-0.2, 0) is 6.42 Å². The highest BCUT2D eigenvalue weighted by molar-refractivity contribution is 7.14. The molecule has 2 nitrogen and oxygen atoms in total. The summed E-state index contributed by atoms with van der Waals surface area (Å²) in [5.74, 6) is 0.169. The monoisotopic (exact) mass is 226 g/mol. The molecule has 0 aliphatic carbocycles. The lowest BCUT2D eigenvalue weighted by atomic mass is 9.99. The second-order valence-corrected chi connectivity index (χ2v) is 5.68. The van der Waals surface area contributed by atoms with Gasteiger partial charge in [-0.05, 0) is 29.9 Å². The van der Waals surface area contributed by atoms with Crippen LogP contribution >= 0.6 is 11.3 Å². The Hall–Kier alpha value is -0.830. The van der Waals surface area contributed by atoms with Crippen molar-refractivity contribution in [3.05, 3.63) is 21.4 Å². The lowest BCUT2D eigenvalue weighted by molar-refractivity contribution is 0.0702. The van der Waals surface area contributed by atoms with Crippen molar-refractivity contribution in [1.82, 2.24) is 0 Å². The van der Waals surface area contributed by atoms with E-state index in [0.29, 0.717) is 16.7 Å². The molecule has 0 bridgehead atoms. The Morgan fingerprint density at radius 1 is 1.40 bits per heavy atom. The predicted octanol–water partition coefficient (Wildman–Crippen LogP) is 3.77. The molecule has 84 valence electrons. The molecular formula is C12H18O2S. The van der Waals surface area contributed by atoms with Gasteiger partial charge in [-0.3, -0.25) is 0 Å². The molecule has 15 heavy (non-hydrogen) atoms. The molecule has 1 rings (SSSR count). The van der Waals surface area contributed by atoms with Crippen molar-refractivity contribution in [2.45, 2.75) is 40.0 Å². The normalized spacial score (nSPS) is 11.3. The summed E-state index contributed by atoms with van der Waals surface area (Å²) in [6, 6.07) is 1.83. The SMILES string of the molecule is CC(C)Cc1sc(C(=O)O)cc1C(C)C. The number of carboxylic acid groups (broad SMARTS) is 1. The summed E-state index contributed by atoms with van der Waals surface area (Å²) < 4.78 is 0. The van der Waals surface area contributed by atoms with Gasteiger partial charge in [-0.25, -0.2) is 4.79 Å². The van der Waals surface area contributed by atoms with Crippen LogP contribution in [0.3, 0.4) is 0 Å². The Morgan fingerprint density at radius 2 is 2.00 bits per heavy atom. The lowest BCUT2D eigenvalue weighted by Crippen LogP contribution is -1.96. The van der Waals surface area contributed by atoms with Crippen LogP contribution in [0.5, 0.6) is 0 Å². The number of hydrogen-bond donors (Lipinski definition) is 1. The fourth-order valence-electron chi connectivity index (χ4n) is 1.57. The molecular weight excluding hydrogens is 208 g/mol. The van der Waals surface area contributed by atoms with E-state index in [9.17, 15) is 4.79 Å². The van der Waals surface area contributed by atoms with Gasteiger partial charge in [-0.2, -0.15) is 0 Å². The largest absolute Gasteiger partial charge is 0.477 e. The number of hydrogen-bond acceptors (Lipinski definition) is 2. The van der Waals surface area contributed by atoms with Crippen molar-refractivity contribution in [3.8, 4) is 0 Å². The molecule has 3 heteroatoms. The van der Waals surface area contributed by atoms with Gasteiger partial charge in [-0.15, -0.1) is 11.3 Å². The van der Waals surface area contributed by atoms with E-state index >= 15 is 0 Å². The fourth-order valence-corrected chi connectivity index (χ4v) is 2.93. The molecule has 1 N–H and O–H groups in total. The van der Waals surface area contributed by atoms with E-state index in [0.717, 1.165) is 6.42 Å². The average molecular weight is 226 g/mol. The highest BCUT2D eigenvalue weighted by Crippen LogP contribution is 2.30. The van der Waals surface area contributed by atoms with Crippen LogP contribution in [0, 0.1) is 5.92 Å².